The van der Waals surface area contributed by atoms with Crippen LogP contribution in [0.1, 0.15) is 34.7 Å². The van der Waals surface area contributed by atoms with Crippen LogP contribution >= 0.6 is 0 Å². The third-order valence-corrected chi connectivity index (χ3v) is 14.0. The molecular formula is C49H46GeIrN2O-2. The molecule has 54 heavy (non-hydrogen) atoms. The van der Waals surface area contributed by atoms with Crippen LogP contribution < -0.4 is 4.40 Å². The fourth-order valence-corrected chi connectivity index (χ4v) is 10.5. The number of benzene rings is 5. The molecule has 1 radical (unpaired) electrons. The van der Waals surface area contributed by atoms with Crippen molar-refractivity contribution in [2.45, 2.75) is 51.3 Å². The number of fused-ring (bicyclic) bond motifs is 3. The zero-order chi connectivity index (χ0) is 39.6. The van der Waals surface area contributed by atoms with Gasteiger partial charge in [0, 0.05) is 31.7 Å². The minimum absolute atomic E-state index is 0. The van der Waals surface area contributed by atoms with Gasteiger partial charge in [-0.15, -0.1) is 18.2 Å². The van der Waals surface area contributed by atoms with Gasteiger partial charge in [0.15, 0.2) is 0 Å². The van der Waals surface area contributed by atoms with Crippen LogP contribution in [-0.2, 0) is 26.5 Å². The monoisotopic (exact) mass is 948 g/mol. The zero-order valence-electron chi connectivity index (χ0n) is 34.6. The molecule has 8 aromatic rings. The Kier molecular flexibility index (Phi) is 10.9. The van der Waals surface area contributed by atoms with E-state index < -0.39 is 20.1 Å². The van der Waals surface area contributed by atoms with Crippen molar-refractivity contribution in [3.8, 4) is 44.8 Å². The van der Waals surface area contributed by atoms with Gasteiger partial charge in [0.1, 0.15) is 5.58 Å². The number of aromatic nitrogens is 2. The van der Waals surface area contributed by atoms with Crippen LogP contribution in [0.2, 0.25) is 17.3 Å². The predicted octanol–water partition coefficient (Wildman–Crippen LogP) is 12.7. The molecule has 0 atom stereocenters. The largest absolute Gasteiger partial charge is 0 e. The average Bonchev–Trinajstić information content (AvgIpc) is 3.56. The van der Waals surface area contributed by atoms with Crippen molar-refractivity contribution in [3.63, 3.8) is 0 Å². The summed E-state index contributed by atoms with van der Waals surface area (Å²) < 4.78 is 31.4. The van der Waals surface area contributed by atoms with Crippen molar-refractivity contribution in [2.75, 3.05) is 0 Å². The fraction of sp³-hybridized carbons (Fsp3) is 0.184. The second-order valence-corrected chi connectivity index (χ2v) is 25.7. The summed E-state index contributed by atoms with van der Waals surface area (Å²) in [6.07, 6.45) is 4.92. The van der Waals surface area contributed by atoms with Gasteiger partial charge in [-0.3, -0.25) is 0 Å². The van der Waals surface area contributed by atoms with Gasteiger partial charge in [0.2, 0.25) is 0 Å². The summed E-state index contributed by atoms with van der Waals surface area (Å²) in [6, 6.07) is 46.8. The fourth-order valence-electron chi connectivity index (χ4n) is 6.94. The van der Waals surface area contributed by atoms with E-state index in [0.717, 1.165) is 62.0 Å². The Bertz CT molecular complexity index is 2630. The first-order valence-corrected chi connectivity index (χ1v) is 25.6. The first-order chi connectivity index (χ1) is 26.8. The Hall–Kier alpha value is -4.61. The van der Waals surface area contributed by atoms with E-state index in [1.807, 2.05) is 60.9 Å². The van der Waals surface area contributed by atoms with Gasteiger partial charge in [-0.05, 0) is 41.3 Å². The van der Waals surface area contributed by atoms with Crippen LogP contribution in [0.4, 0.5) is 0 Å². The quantitative estimate of drug-likeness (QED) is 0.118. The van der Waals surface area contributed by atoms with E-state index in [2.05, 4.69) is 127 Å². The van der Waals surface area contributed by atoms with Crippen LogP contribution in [0.25, 0.3) is 66.7 Å². The molecule has 0 aliphatic rings. The summed E-state index contributed by atoms with van der Waals surface area (Å²) in [7, 11) is 0. The zero-order valence-corrected chi connectivity index (χ0v) is 36.1. The van der Waals surface area contributed by atoms with Crippen molar-refractivity contribution in [3.05, 3.63) is 163 Å². The maximum atomic E-state index is 7.87. The third kappa shape index (κ3) is 8.68. The van der Waals surface area contributed by atoms with E-state index in [4.69, 9.17) is 8.53 Å². The van der Waals surface area contributed by atoms with Crippen molar-refractivity contribution in [2.24, 2.45) is 5.92 Å². The number of hydrogen-bond donors (Lipinski definition) is 0. The molecule has 0 saturated heterocycles. The van der Waals surface area contributed by atoms with Gasteiger partial charge in [-0.2, -0.15) is 0 Å². The maximum absolute atomic E-state index is 7.87. The molecule has 5 heteroatoms. The van der Waals surface area contributed by atoms with E-state index in [1.54, 1.807) is 6.07 Å². The van der Waals surface area contributed by atoms with Crippen molar-refractivity contribution in [1.29, 1.82) is 0 Å². The third-order valence-electron chi connectivity index (χ3n) is 9.50. The first-order valence-electron chi connectivity index (χ1n) is 19.7. The topological polar surface area (TPSA) is 38.9 Å². The van der Waals surface area contributed by atoms with Gasteiger partial charge in [-0.25, -0.2) is 0 Å². The molecule has 0 unspecified atom stereocenters. The summed E-state index contributed by atoms with van der Waals surface area (Å²) in [5, 5.41) is 2.22. The van der Waals surface area contributed by atoms with E-state index in [-0.39, 0.29) is 20.1 Å². The molecular weight excluding hydrogens is 897 g/mol. The van der Waals surface area contributed by atoms with Crippen LogP contribution in [0.3, 0.4) is 0 Å². The molecule has 0 fully saturated rings. The van der Waals surface area contributed by atoms with E-state index in [9.17, 15) is 0 Å². The van der Waals surface area contributed by atoms with Gasteiger partial charge in [0.25, 0.3) is 0 Å². The molecule has 0 bridgehead atoms. The van der Waals surface area contributed by atoms with Crippen LogP contribution in [0.15, 0.2) is 138 Å². The number of nitrogens with zero attached hydrogens (tertiary/aromatic N) is 2. The second-order valence-electron chi connectivity index (χ2n) is 15.1. The molecule has 8 rings (SSSR count). The molecule has 0 aliphatic heterocycles. The normalized spacial score (nSPS) is 12.4. The van der Waals surface area contributed by atoms with Crippen LogP contribution in [0, 0.1) is 31.8 Å². The Balaban J connectivity index is 0.000000190. The number of aryl methyl sites for hydroxylation is 2. The molecule has 3 nitrogen and oxygen atoms in total. The predicted molar refractivity (Wildman–Crippen MR) is 226 cm³/mol. The molecule has 0 saturated carbocycles. The first kappa shape index (κ1) is 35.1. The number of rotatable bonds is 7. The smallest absolute Gasteiger partial charge is 0 e. The molecule has 0 spiro atoms. The summed E-state index contributed by atoms with van der Waals surface area (Å²) in [6.45, 7) is 4.41. The summed E-state index contributed by atoms with van der Waals surface area (Å²) in [5.41, 5.74) is 12.0. The minimum Gasteiger partial charge on any atom is 0 e. The Morgan fingerprint density at radius 2 is 1.48 bits per heavy atom. The van der Waals surface area contributed by atoms with Gasteiger partial charge in [-0.1, -0.05) is 78.9 Å². The molecule has 0 aliphatic carbocycles. The van der Waals surface area contributed by atoms with Crippen LogP contribution in [0.5, 0.6) is 0 Å². The van der Waals surface area contributed by atoms with Gasteiger partial charge in [0.05, 0.1) is 5.58 Å². The van der Waals surface area contributed by atoms with Crippen molar-refractivity contribution < 1.29 is 28.6 Å². The van der Waals surface area contributed by atoms with Gasteiger partial charge < -0.3 is 9.40 Å². The molecule has 3 heterocycles. The van der Waals surface area contributed by atoms with Crippen LogP contribution in [-0.4, -0.2) is 23.2 Å². The molecule has 0 amide bonds. The second kappa shape index (κ2) is 16.8. The average molecular weight is 947 g/mol. The summed E-state index contributed by atoms with van der Waals surface area (Å²) >= 11 is -1.96. The summed E-state index contributed by atoms with van der Waals surface area (Å²) in [5.74, 6) is 7.67. The van der Waals surface area contributed by atoms with Gasteiger partial charge >= 0.3 is 152 Å². The van der Waals surface area contributed by atoms with Crippen molar-refractivity contribution in [1.82, 2.24) is 9.97 Å². The Labute approximate surface area is 340 Å². The SMILES string of the molecule is CC(C)Cc1ccnc(-c2[c-]ccc3c2oc2cc(-c4ccccc4)ccc23)c1.[2H]C([2H])([2H])c1c[c-]c(-c2cc(C)[c]([Ge]([CH3])([CH3])[CH3])cn2)cc1-c1ccccc1.[Ir]. The molecule has 273 valence electrons. The molecule has 0 N–H and O–H groups in total. The van der Waals surface area contributed by atoms with E-state index >= 15 is 0 Å². The van der Waals surface area contributed by atoms with E-state index in [1.165, 1.54) is 21.1 Å². The van der Waals surface area contributed by atoms with Crippen molar-refractivity contribution >= 4 is 39.6 Å². The maximum Gasteiger partial charge on any atom is 0 e. The standard InChI is InChI=1S/C27H22NO.C22H24GeN.Ir/c1-18(2)15-19-13-14-28-25(16-19)24-10-6-9-23-22-12-11-21(17-26(22)29-27(23)24)20-7-4-3-5-8-20;1-16-11-12-19(14-20(16)18-9-7-6-8-10-18)22-13-17(2)21(15-24-22)23(3,4)5;/h3-9,11-14,16-18H,15H2,1-2H3;6-11,13-15H,1-5H3;/q2*-1;/i;1D3;. The summed E-state index contributed by atoms with van der Waals surface area (Å²) in [4.78, 5) is 9.29. The number of furan rings is 1. The number of pyridine rings is 2. The minimum atomic E-state index is -2.19. The Morgan fingerprint density at radius 1 is 0.741 bits per heavy atom. The van der Waals surface area contributed by atoms with E-state index in [0.29, 0.717) is 17.0 Å². The Morgan fingerprint density at radius 3 is 2.17 bits per heavy atom. The molecule has 3 aromatic heterocycles. The molecule has 5 aromatic carbocycles. The number of hydrogen-bond acceptors (Lipinski definition) is 3.